The zero-order valence-corrected chi connectivity index (χ0v) is 16.9. The second-order valence-corrected chi connectivity index (χ2v) is 7.50. The van der Waals surface area contributed by atoms with E-state index in [1.807, 2.05) is 47.1 Å². The summed E-state index contributed by atoms with van der Waals surface area (Å²) < 4.78 is 13.1. The van der Waals surface area contributed by atoms with E-state index >= 15 is 0 Å². The van der Waals surface area contributed by atoms with E-state index in [1.165, 1.54) is 12.8 Å². The number of hydrogen-bond donors (Lipinski definition) is 0. The molecule has 1 fully saturated rings. The fraction of sp³-hybridized carbons (Fsp3) is 0.200. The molecule has 2 heterocycles. The van der Waals surface area contributed by atoms with Gasteiger partial charge in [0.1, 0.15) is 12.4 Å². The minimum Gasteiger partial charge on any atom is -0.489 e. The normalized spacial score (nSPS) is 13.2. The Morgan fingerprint density at radius 2 is 1.77 bits per heavy atom. The van der Waals surface area contributed by atoms with E-state index in [0.29, 0.717) is 18.4 Å². The Balaban J connectivity index is 1.41. The first kappa shape index (κ1) is 18.4. The summed E-state index contributed by atoms with van der Waals surface area (Å²) in [6.07, 6.45) is 4.22. The van der Waals surface area contributed by atoms with Gasteiger partial charge in [0.15, 0.2) is 0 Å². The third-order valence-corrected chi connectivity index (χ3v) is 5.30. The Morgan fingerprint density at radius 3 is 2.43 bits per heavy atom. The molecule has 0 unspecified atom stereocenters. The Labute approximate surface area is 175 Å². The van der Waals surface area contributed by atoms with E-state index in [4.69, 9.17) is 14.6 Å². The highest BCUT2D eigenvalue weighted by Crippen LogP contribution is 2.41. The first-order valence-electron chi connectivity index (χ1n) is 10.2. The van der Waals surface area contributed by atoms with Crippen molar-refractivity contribution in [3.05, 3.63) is 90.3 Å². The minimum absolute atomic E-state index is 0.557. The number of benzene rings is 2. The van der Waals surface area contributed by atoms with E-state index in [9.17, 15) is 0 Å². The van der Waals surface area contributed by atoms with Crippen molar-refractivity contribution in [2.75, 3.05) is 7.11 Å². The molecule has 0 bridgehead atoms. The van der Waals surface area contributed by atoms with Crippen LogP contribution in [-0.4, -0.2) is 21.9 Å². The number of nitrogens with zero attached hydrogens (tertiary/aromatic N) is 3. The summed E-state index contributed by atoms with van der Waals surface area (Å²) in [5, 5.41) is 4.88. The Morgan fingerprint density at radius 1 is 0.967 bits per heavy atom. The maximum Gasteiger partial charge on any atom is 0.213 e. The van der Waals surface area contributed by atoms with E-state index in [1.54, 1.807) is 13.3 Å². The molecule has 0 spiro atoms. The van der Waals surface area contributed by atoms with Crippen LogP contribution in [0.25, 0.3) is 16.9 Å². The third kappa shape index (κ3) is 3.92. The van der Waals surface area contributed by atoms with E-state index in [2.05, 4.69) is 35.3 Å². The average Bonchev–Trinajstić information content (AvgIpc) is 3.57. The summed E-state index contributed by atoms with van der Waals surface area (Å²) in [5.74, 6) is 2.02. The Bertz CT molecular complexity index is 1120. The molecular weight excluding hydrogens is 374 g/mol. The number of aromatic nitrogens is 3. The molecule has 0 saturated heterocycles. The molecule has 5 rings (SSSR count). The first-order chi connectivity index (χ1) is 14.8. The van der Waals surface area contributed by atoms with Gasteiger partial charge in [-0.1, -0.05) is 30.3 Å². The third-order valence-electron chi connectivity index (χ3n) is 5.30. The molecule has 1 aliphatic carbocycles. The van der Waals surface area contributed by atoms with Gasteiger partial charge < -0.3 is 9.47 Å². The number of methoxy groups -OCH3 is 1. The molecule has 5 heteroatoms. The Kier molecular flexibility index (Phi) is 4.93. The van der Waals surface area contributed by atoms with Crippen LogP contribution in [0.1, 0.15) is 30.0 Å². The van der Waals surface area contributed by atoms with Crippen LogP contribution < -0.4 is 9.47 Å². The van der Waals surface area contributed by atoms with Crippen molar-refractivity contribution in [3.63, 3.8) is 0 Å². The predicted octanol–water partition coefficient (Wildman–Crippen LogP) is 5.40. The highest BCUT2D eigenvalue weighted by atomic mass is 16.5. The van der Waals surface area contributed by atoms with Gasteiger partial charge in [0.25, 0.3) is 0 Å². The summed E-state index contributed by atoms with van der Waals surface area (Å²) >= 11 is 0. The highest BCUT2D eigenvalue weighted by molar-refractivity contribution is 5.64. The van der Waals surface area contributed by atoms with Crippen LogP contribution in [0.3, 0.4) is 0 Å². The summed E-state index contributed by atoms with van der Waals surface area (Å²) in [5.41, 5.74) is 5.36. The molecule has 1 aliphatic rings. The fourth-order valence-electron chi connectivity index (χ4n) is 3.46. The van der Waals surface area contributed by atoms with Gasteiger partial charge in [-0.05, 0) is 54.8 Å². The van der Waals surface area contributed by atoms with Gasteiger partial charge in [0, 0.05) is 17.5 Å². The van der Waals surface area contributed by atoms with Crippen molar-refractivity contribution >= 4 is 0 Å². The van der Waals surface area contributed by atoms with Crippen molar-refractivity contribution in [3.8, 4) is 28.6 Å². The maximum absolute atomic E-state index is 5.93. The minimum atomic E-state index is 0.557. The van der Waals surface area contributed by atoms with Crippen molar-refractivity contribution in [1.82, 2.24) is 14.8 Å². The SMILES string of the molecule is COc1ccc(-n2nc(C3CC3)cc2-c2ccc(OCc3ccccc3)cc2)cn1. The van der Waals surface area contributed by atoms with Crippen molar-refractivity contribution < 1.29 is 9.47 Å². The lowest BCUT2D eigenvalue weighted by molar-refractivity contribution is 0.306. The van der Waals surface area contributed by atoms with E-state index < -0.39 is 0 Å². The standard InChI is InChI=1S/C25H23N3O2/c1-29-25-14-11-21(16-26-25)28-24(15-23(27-28)19-7-8-19)20-9-12-22(13-10-20)30-17-18-5-3-2-4-6-18/h2-6,9-16,19H,7-8,17H2,1H3. The molecule has 2 aromatic heterocycles. The van der Waals surface area contributed by atoms with Crippen LogP contribution in [-0.2, 0) is 6.61 Å². The molecule has 0 atom stereocenters. The molecule has 0 N–H and O–H groups in total. The maximum atomic E-state index is 5.93. The van der Waals surface area contributed by atoms with E-state index in [0.717, 1.165) is 34.0 Å². The summed E-state index contributed by atoms with van der Waals surface area (Å²) in [4.78, 5) is 4.34. The zero-order chi connectivity index (χ0) is 20.3. The molecule has 150 valence electrons. The van der Waals surface area contributed by atoms with Crippen molar-refractivity contribution in [1.29, 1.82) is 0 Å². The predicted molar refractivity (Wildman–Crippen MR) is 116 cm³/mol. The van der Waals surface area contributed by atoms with Crippen LogP contribution in [0.4, 0.5) is 0 Å². The first-order valence-corrected chi connectivity index (χ1v) is 10.2. The van der Waals surface area contributed by atoms with Crippen LogP contribution >= 0.6 is 0 Å². The smallest absolute Gasteiger partial charge is 0.213 e. The number of ether oxygens (including phenoxy) is 2. The van der Waals surface area contributed by atoms with Gasteiger partial charge in [0.05, 0.1) is 30.4 Å². The largest absolute Gasteiger partial charge is 0.489 e. The van der Waals surface area contributed by atoms with Crippen LogP contribution in [0, 0.1) is 0 Å². The zero-order valence-electron chi connectivity index (χ0n) is 16.9. The summed E-state index contributed by atoms with van der Waals surface area (Å²) in [6, 6.07) is 24.4. The summed E-state index contributed by atoms with van der Waals surface area (Å²) in [7, 11) is 1.62. The topological polar surface area (TPSA) is 49.2 Å². The van der Waals surface area contributed by atoms with Crippen LogP contribution in [0.2, 0.25) is 0 Å². The molecule has 2 aromatic carbocycles. The number of hydrogen-bond acceptors (Lipinski definition) is 4. The molecule has 5 nitrogen and oxygen atoms in total. The van der Waals surface area contributed by atoms with Gasteiger partial charge in [-0.2, -0.15) is 5.10 Å². The van der Waals surface area contributed by atoms with Crippen molar-refractivity contribution in [2.45, 2.75) is 25.4 Å². The van der Waals surface area contributed by atoms with Crippen molar-refractivity contribution in [2.24, 2.45) is 0 Å². The van der Waals surface area contributed by atoms with E-state index in [-0.39, 0.29) is 0 Å². The van der Waals surface area contributed by atoms with Crippen LogP contribution in [0.5, 0.6) is 11.6 Å². The van der Waals surface area contributed by atoms with Gasteiger partial charge in [-0.3, -0.25) is 0 Å². The lowest BCUT2D eigenvalue weighted by atomic mass is 10.1. The summed E-state index contributed by atoms with van der Waals surface area (Å²) in [6.45, 7) is 0.557. The molecule has 0 aliphatic heterocycles. The molecule has 4 aromatic rings. The average molecular weight is 397 g/mol. The molecule has 0 radical (unpaired) electrons. The van der Waals surface area contributed by atoms with Gasteiger partial charge >= 0.3 is 0 Å². The van der Waals surface area contributed by atoms with Gasteiger partial charge in [0.2, 0.25) is 5.88 Å². The van der Waals surface area contributed by atoms with Crippen LogP contribution in [0.15, 0.2) is 79.0 Å². The molecule has 1 saturated carbocycles. The lowest BCUT2D eigenvalue weighted by Crippen LogP contribution is -2.01. The quantitative estimate of drug-likeness (QED) is 0.419. The number of rotatable bonds is 7. The lowest BCUT2D eigenvalue weighted by Gasteiger charge is -2.10. The Hall–Kier alpha value is -3.60. The highest BCUT2D eigenvalue weighted by Gasteiger charge is 2.28. The molecule has 0 amide bonds. The molecular formula is C25H23N3O2. The van der Waals surface area contributed by atoms with Gasteiger partial charge in [-0.25, -0.2) is 9.67 Å². The second kappa shape index (κ2) is 8.03. The van der Waals surface area contributed by atoms with Gasteiger partial charge in [-0.15, -0.1) is 0 Å². The fourth-order valence-corrected chi connectivity index (χ4v) is 3.46. The monoisotopic (exact) mass is 397 g/mol. The molecule has 30 heavy (non-hydrogen) atoms. The number of pyridine rings is 1. The second-order valence-electron chi connectivity index (χ2n) is 7.50.